The molecule has 3 rings (SSSR count). The molecule has 2 bridgehead atoms. The van der Waals surface area contributed by atoms with Gasteiger partial charge in [-0.3, -0.25) is 0 Å². The van der Waals surface area contributed by atoms with Gasteiger partial charge < -0.3 is 19.6 Å². The summed E-state index contributed by atoms with van der Waals surface area (Å²) in [6.07, 6.45) is 1.25. The maximum absolute atomic E-state index is 9.13. The topological polar surface area (TPSA) is 58.9 Å². The van der Waals surface area contributed by atoms with Crippen LogP contribution >= 0.6 is 0 Å². The number of aliphatic hydroxyl groups excluding tert-OH is 1. The maximum Gasteiger partial charge on any atom is 0.326 e. The van der Waals surface area contributed by atoms with Crippen LogP contribution in [-0.4, -0.2) is 42.7 Å². The van der Waals surface area contributed by atoms with Gasteiger partial charge >= 0.3 is 7.48 Å². The van der Waals surface area contributed by atoms with Crippen molar-refractivity contribution in [3.63, 3.8) is 0 Å². The first-order chi connectivity index (χ1) is 8.28. The molecule has 2 saturated heterocycles. The standard InChI is InChI=1S/C6H6BO.C6H10O3.Os/c8-7-6-4-2-1-3-5-6;7-4-1-5-3-8-6(2-4)9-5;/h1-5,8H;4-7H,1-3H2;. The van der Waals surface area contributed by atoms with Gasteiger partial charge in [0.05, 0.1) is 18.8 Å². The zero-order valence-electron chi connectivity index (χ0n) is 9.88. The van der Waals surface area contributed by atoms with Gasteiger partial charge in [-0.15, -0.1) is 0 Å². The third kappa shape index (κ3) is 4.80. The van der Waals surface area contributed by atoms with Gasteiger partial charge in [0.2, 0.25) is 0 Å². The Labute approximate surface area is 121 Å². The molecule has 6 heteroatoms. The number of ether oxygens (including phenoxy) is 2. The Bertz CT molecular complexity index is 326. The van der Waals surface area contributed by atoms with Crippen LogP contribution in [0.25, 0.3) is 0 Å². The van der Waals surface area contributed by atoms with Gasteiger partial charge in [-0.2, -0.15) is 0 Å². The summed E-state index contributed by atoms with van der Waals surface area (Å²) >= 11 is 0. The van der Waals surface area contributed by atoms with E-state index in [-0.39, 0.29) is 38.3 Å². The van der Waals surface area contributed by atoms with Crippen molar-refractivity contribution >= 4 is 12.9 Å². The Hall–Kier alpha value is -0.239. The van der Waals surface area contributed by atoms with Crippen LogP contribution in [0, 0.1) is 0 Å². The first-order valence-corrected chi connectivity index (χ1v) is 5.75. The number of benzene rings is 1. The normalized spacial score (nSPS) is 28.7. The zero-order chi connectivity index (χ0) is 12.1. The maximum atomic E-state index is 9.13. The van der Waals surface area contributed by atoms with E-state index in [2.05, 4.69) is 0 Å². The fourth-order valence-corrected chi connectivity index (χ4v) is 1.92. The average Bonchev–Trinajstić information content (AvgIpc) is 2.71. The Morgan fingerprint density at radius 3 is 2.44 bits per heavy atom. The Balaban J connectivity index is 0.000000172. The van der Waals surface area contributed by atoms with Gasteiger partial charge in [-0.25, -0.2) is 0 Å². The molecule has 0 aliphatic carbocycles. The van der Waals surface area contributed by atoms with E-state index in [1.165, 1.54) is 0 Å². The molecular formula is C12H16BO4Os. The second-order valence-corrected chi connectivity index (χ2v) is 4.19. The van der Waals surface area contributed by atoms with E-state index in [4.69, 9.17) is 19.6 Å². The van der Waals surface area contributed by atoms with Gasteiger partial charge in [-0.05, 0) is 0 Å². The summed E-state index contributed by atoms with van der Waals surface area (Å²) in [4.78, 5) is 0. The van der Waals surface area contributed by atoms with Crippen molar-refractivity contribution < 1.29 is 39.4 Å². The Morgan fingerprint density at radius 2 is 1.89 bits per heavy atom. The molecule has 99 valence electrons. The molecule has 3 unspecified atom stereocenters. The average molecular weight is 425 g/mol. The van der Waals surface area contributed by atoms with Gasteiger partial charge in [0.15, 0.2) is 6.29 Å². The molecule has 0 aromatic heterocycles. The predicted molar refractivity (Wildman–Crippen MR) is 63.9 cm³/mol. The molecule has 0 saturated carbocycles. The van der Waals surface area contributed by atoms with E-state index in [0.717, 1.165) is 19.4 Å². The van der Waals surface area contributed by atoms with Crippen LogP contribution in [0.5, 0.6) is 0 Å². The van der Waals surface area contributed by atoms with E-state index in [1.807, 2.05) is 30.3 Å². The summed E-state index contributed by atoms with van der Waals surface area (Å²) < 4.78 is 10.5. The number of hydrogen-bond donors (Lipinski definition) is 2. The number of fused-ring (bicyclic) bond motifs is 2. The SMILES string of the molecule is OC1CC2COC(C1)O2.O[B]c1ccccc1.[Os]. The van der Waals surface area contributed by atoms with Crippen LogP contribution in [0.15, 0.2) is 30.3 Å². The van der Waals surface area contributed by atoms with E-state index in [1.54, 1.807) is 0 Å². The summed E-state index contributed by atoms with van der Waals surface area (Å²) in [6, 6.07) is 9.33. The molecule has 4 nitrogen and oxygen atoms in total. The van der Waals surface area contributed by atoms with Crippen molar-refractivity contribution in [2.75, 3.05) is 6.61 Å². The summed E-state index contributed by atoms with van der Waals surface area (Å²) in [7, 11) is 1.08. The minimum atomic E-state index is -0.198. The van der Waals surface area contributed by atoms with Gasteiger partial charge in [0, 0.05) is 32.6 Å². The molecule has 0 spiro atoms. The molecule has 18 heavy (non-hydrogen) atoms. The van der Waals surface area contributed by atoms with E-state index >= 15 is 0 Å². The molecule has 1 aromatic rings. The molecule has 1 radical (unpaired) electrons. The van der Waals surface area contributed by atoms with Crippen molar-refractivity contribution in [3.05, 3.63) is 30.3 Å². The minimum Gasteiger partial charge on any atom is -0.450 e. The van der Waals surface area contributed by atoms with E-state index in [0.29, 0.717) is 13.0 Å². The fourth-order valence-electron chi connectivity index (χ4n) is 1.92. The number of hydrogen-bond acceptors (Lipinski definition) is 4. The van der Waals surface area contributed by atoms with E-state index in [9.17, 15) is 0 Å². The first-order valence-electron chi connectivity index (χ1n) is 5.75. The molecule has 0 amide bonds. The fraction of sp³-hybridized carbons (Fsp3) is 0.500. The second-order valence-electron chi connectivity index (χ2n) is 4.19. The Kier molecular flexibility index (Phi) is 7.06. The Morgan fingerprint density at radius 1 is 1.17 bits per heavy atom. The molecule has 2 N–H and O–H groups in total. The van der Waals surface area contributed by atoms with E-state index < -0.39 is 0 Å². The molecule has 2 heterocycles. The van der Waals surface area contributed by atoms with Crippen molar-refractivity contribution in [1.82, 2.24) is 0 Å². The monoisotopic (exact) mass is 427 g/mol. The number of rotatable bonds is 1. The number of aliphatic hydroxyl groups is 1. The zero-order valence-corrected chi connectivity index (χ0v) is 12.4. The van der Waals surface area contributed by atoms with Crippen LogP contribution in [0.3, 0.4) is 0 Å². The van der Waals surface area contributed by atoms with Gasteiger partial charge in [-0.1, -0.05) is 35.8 Å². The van der Waals surface area contributed by atoms with Crippen molar-refractivity contribution in [2.24, 2.45) is 0 Å². The molecule has 2 fully saturated rings. The predicted octanol–water partition coefficient (Wildman–Crippen LogP) is -0.197. The van der Waals surface area contributed by atoms with Gasteiger partial charge in [0.1, 0.15) is 0 Å². The summed E-state index contributed by atoms with van der Waals surface area (Å²) in [5.41, 5.74) is 0.840. The van der Waals surface area contributed by atoms with Crippen LogP contribution in [0.4, 0.5) is 0 Å². The molecule has 2 aliphatic rings. The molecule has 2 aliphatic heterocycles. The smallest absolute Gasteiger partial charge is 0.326 e. The second kappa shape index (κ2) is 8.04. The van der Waals surface area contributed by atoms with Crippen LogP contribution in [0.2, 0.25) is 0 Å². The minimum absolute atomic E-state index is 0. The first kappa shape index (κ1) is 15.8. The van der Waals surface area contributed by atoms with Crippen molar-refractivity contribution in [2.45, 2.75) is 31.3 Å². The molecule has 3 atom stereocenters. The quantitative estimate of drug-likeness (QED) is 0.613. The van der Waals surface area contributed by atoms with Crippen molar-refractivity contribution in [3.8, 4) is 0 Å². The summed E-state index contributed by atoms with van der Waals surface area (Å²) in [5, 5.41) is 17.5. The summed E-state index contributed by atoms with van der Waals surface area (Å²) in [5.74, 6) is 0. The van der Waals surface area contributed by atoms with Gasteiger partial charge in [0.25, 0.3) is 0 Å². The summed E-state index contributed by atoms with van der Waals surface area (Å²) in [6.45, 7) is 0.668. The van der Waals surface area contributed by atoms with Crippen molar-refractivity contribution in [1.29, 1.82) is 0 Å². The third-order valence-corrected chi connectivity index (χ3v) is 2.76. The van der Waals surface area contributed by atoms with Crippen LogP contribution in [-0.2, 0) is 29.3 Å². The van der Waals surface area contributed by atoms with Crippen LogP contribution in [0.1, 0.15) is 12.8 Å². The molecule has 1 aromatic carbocycles. The van der Waals surface area contributed by atoms with Crippen LogP contribution < -0.4 is 5.46 Å². The third-order valence-electron chi connectivity index (χ3n) is 2.76. The largest absolute Gasteiger partial charge is 0.450 e. The molecular weight excluding hydrogens is 409 g/mol.